The summed E-state index contributed by atoms with van der Waals surface area (Å²) >= 11 is 0. The van der Waals surface area contributed by atoms with Gasteiger partial charge in [-0.15, -0.1) is 0 Å². The Morgan fingerprint density at radius 1 is 1.33 bits per heavy atom. The van der Waals surface area contributed by atoms with E-state index in [2.05, 4.69) is 13.8 Å². The Kier molecular flexibility index (Phi) is 4.72. The van der Waals surface area contributed by atoms with Crippen molar-refractivity contribution in [3.05, 3.63) is 0 Å². The molecule has 3 nitrogen and oxygen atoms in total. The molecule has 0 unspecified atom stereocenters. The zero-order valence-electron chi connectivity index (χ0n) is 14.1. The van der Waals surface area contributed by atoms with Gasteiger partial charge in [0, 0.05) is 0 Å². The molecule has 0 aromatic carbocycles. The van der Waals surface area contributed by atoms with Crippen molar-refractivity contribution in [3.63, 3.8) is 0 Å². The first-order valence-electron chi connectivity index (χ1n) is 8.60. The first kappa shape index (κ1) is 16.8. The van der Waals surface area contributed by atoms with Crippen LogP contribution in [0.15, 0.2) is 0 Å². The Balaban J connectivity index is 2.00. The number of hydrogen-bond acceptors (Lipinski definition) is 2. The second kappa shape index (κ2) is 5.91. The van der Waals surface area contributed by atoms with E-state index in [4.69, 9.17) is 0 Å². The van der Waals surface area contributed by atoms with Gasteiger partial charge in [-0.2, -0.15) is 0 Å². The van der Waals surface area contributed by atoms with Gasteiger partial charge < -0.3 is 10.2 Å². The molecule has 2 aliphatic carbocycles. The van der Waals surface area contributed by atoms with Gasteiger partial charge in [0.1, 0.15) is 0 Å². The van der Waals surface area contributed by atoms with E-state index in [1.165, 1.54) is 12.8 Å². The van der Waals surface area contributed by atoms with Crippen molar-refractivity contribution >= 4 is 5.97 Å². The molecule has 0 heterocycles. The van der Waals surface area contributed by atoms with Crippen molar-refractivity contribution in [1.29, 1.82) is 0 Å². The predicted molar refractivity (Wildman–Crippen MR) is 84.0 cm³/mol. The third kappa shape index (κ3) is 3.13. The average molecular weight is 296 g/mol. The molecule has 0 aromatic rings. The van der Waals surface area contributed by atoms with Crippen LogP contribution in [0.5, 0.6) is 0 Å². The van der Waals surface area contributed by atoms with Crippen molar-refractivity contribution in [1.82, 2.24) is 0 Å². The predicted octanol–water partition coefficient (Wildman–Crippen LogP) is 4.09. The van der Waals surface area contributed by atoms with E-state index in [9.17, 15) is 15.0 Å². The number of rotatable bonds is 5. The number of hydrogen-bond donors (Lipinski definition) is 2. The molecule has 0 aromatic heterocycles. The Morgan fingerprint density at radius 2 is 2.00 bits per heavy atom. The lowest BCUT2D eigenvalue weighted by molar-refractivity contribution is -0.147. The lowest BCUT2D eigenvalue weighted by Crippen LogP contribution is -2.41. The fourth-order valence-corrected chi connectivity index (χ4v) is 5.02. The van der Waals surface area contributed by atoms with Gasteiger partial charge in [0.25, 0.3) is 0 Å². The van der Waals surface area contributed by atoms with Gasteiger partial charge >= 0.3 is 5.97 Å². The minimum atomic E-state index is -0.696. The Morgan fingerprint density at radius 3 is 2.62 bits per heavy atom. The number of aliphatic hydroxyl groups is 1. The maximum atomic E-state index is 11.3. The summed E-state index contributed by atoms with van der Waals surface area (Å²) in [5, 5.41) is 19.6. The second-order valence-electron chi connectivity index (χ2n) is 8.46. The highest BCUT2D eigenvalue weighted by molar-refractivity contribution is 5.73. The van der Waals surface area contributed by atoms with Crippen molar-refractivity contribution in [2.45, 2.75) is 78.7 Å². The van der Waals surface area contributed by atoms with Crippen LogP contribution < -0.4 is 0 Å². The van der Waals surface area contributed by atoms with E-state index >= 15 is 0 Å². The minimum absolute atomic E-state index is 0.114. The molecule has 2 saturated carbocycles. The van der Waals surface area contributed by atoms with Crippen LogP contribution in [0.4, 0.5) is 0 Å². The van der Waals surface area contributed by atoms with E-state index in [0.29, 0.717) is 17.8 Å². The van der Waals surface area contributed by atoms with Crippen molar-refractivity contribution in [2.24, 2.45) is 28.6 Å². The van der Waals surface area contributed by atoms with Crippen LogP contribution in [0.1, 0.15) is 72.6 Å². The Hall–Kier alpha value is -0.570. The van der Waals surface area contributed by atoms with Gasteiger partial charge in [0.2, 0.25) is 0 Å². The van der Waals surface area contributed by atoms with Gasteiger partial charge in [-0.1, -0.05) is 20.3 Å². The summed E-state index contributed by atoms with van der Waals surface area (Å²) in [5.74, 6) is 0.954. The van der Waals surface area contributed by atoms with E-state index in [1.807, 2.05) is 13.8 Å². The molecule has 2 N–H and O–H groups in total. The van der Waals surface area contributed by atoms with Crippen LogP contribution in [0.25, 0.3) is 0 Å². The summed E-state index contributed by atoms with van der Waals surface area (Å²) < 4.78 is 0. The first-order chi connectivity index (χ1) is 9.68. The molecule has 3 heteroatoms. The second-order valence-corrected chi connectivity index (χ2v) is 8.46. The number of carboxylic acids is 1. The summed E-state index contributed by atoms with van der Waals surface area (Å²) in [4.78, 5) is 11.3. The molecular formula is C18H32O3. The maximum absolute atomic E-state index is 11.3. The molecule has 2 aliphatic rings. The summed E-state index contributed by atoms with van der Waals surface area (Å²) in [6.07, 6.45) is 7.28. The topological polar surface area (TPSA) is 57.5 Å². The third-order valence-corrected chi connectivity index (χ3v) is 6.65. The molecule has 21 heavy (non-hydrogen) atoms. The zero-order chi connectivity index (χ0) is 15.8. The molecule has 122 valence electrons. The van der Waals surface area contributed by atoms with Crippen molar-refractivity contribution in [3.8, 4) is 0 Å². The highest BCUT2D eigenvalue weighted by atomic mass is 16.4. The van der Waals surface area contributed by atoms with Crippen LogP contribution in [0.3, 0.4) is 0 Å². The first-order valence-corrected chi connectivity index (χ1v) is 8.60. The fourth-order valence-electron chi connectivity index (χ4n) is 5.02. The standard InChI is InChI=1S/C18H32O3/c1-12(9-11-17(2,3)16(20)21)13-7-8-14-15(19)6-5-10-18(13,14)4/h12-15,19H,5-11H2,1-4H3,(H,20,21)/t12-,13-,14+,15+,18-/m1/s1. The van der Waals surface area contributed by atoms with Crippen LogP contribution in [-0.2, 0) is 4.79 Å². The third-order valence-electron chi connectivity index (χ3n) is 6.65. The molecular weight excluding hydrogens is 264 g/mol. The molecule has 0 spiro atoms. The van der Waals surface area contributed by atoms with Gasteiger partial charge in [-0.05, 0) is 75.5 Å². The van der Waals surface area contributed by atoms with E-state index < -0.39 is 11.4 Å². The van der Waals surface area contributed by atoms with Gasteiger partial charge in [0.05, 0.1) is 11.5 Å². The number of aliphatic carboxylic acids is 1. The summed E-state index contributed by atoms with van der Waals surface area (Å²) in [5.41, 5.74) is -0.357. The van der Waals surface area contributed by atoms with Crippen LogP contribution >= 0.6 is 0 Å². The SMILES string of the molecule is C[C@H](CCC(C)(C)C(=O)O)[C@H]1CC[C@H]2[C@@H](O)CCC[C@]12C. The smallest absolute Gasteiger partial charge is 0.309 e. The van der Waals surface area contributed by atoms with Crippen LogP contribution in [0, 0.1) is 28.6 Å². The lowest BCUT2D eigenvalue weighted by Gasteiger charge is -2.45. The Labute approximate surface area is 129 Å². The molecule has 2 rings (SSSR count). The van der Waals surface area contributed by atoms with E-state index in [-0.39, 0.29) is 11.5 Å². The summed E-state index contributed by atoms with van der Waals surface area (Å²) in [6, 6.07) is 0. The summed E-state index contributed by atoms with van der Waals surface area (Å²) in [7, 11) is 0. The molecule has 0 aliphatic heterocycles. The highest BCUT2D eigenvalue weighted by Crippen LogP contribution is 2.58. The molecule has 0 bridgehead atoms. The number of aliphatic hydroxyl groups excluding tert-OH is 1. The van der Waals surface area contributed by atoms with Gasteiger partial charge in [-0.25, -0.2) is 0 Å². The fraction of sp³-hybridized carbons (Fsp3) is 0.944. The average Bonchev–Trinajstić information content (AvgIpc) is 2.74. The monoisotopic (exact) mass is 296 g/mol. The number of carboxylic acid groups (broad SMARTS) is 1. The molecule has 2 fully saturated rings. The van der Waals surface area contributed by atoms with Gasteiger partial charge in [0.15, 0.2) is 0 Å². The van der Waals surface area contributed by atoms with Gasteiger partial charge in [-0.3, -0.25) is 4.79 Å². The minimum Gasteiger partial charge on any atom is -0.481 e. The molecule has 0 radical (unpaired) electrons. The quantitative estimate of drug-likeness (QED) is 0.803. The lowest BCUT2D eigenvalue weighted by atomic mass is 9.61. The van der Waals surface area contributed by atoms with Crippen molar-refractivity contribution < 1.29 is 15.0 Å². The molecule has 5 atom stereocenters. The highest BCUT2D eigenvalue weighted by Gasteiger charge is 2.52. The Bertz CT molecular complexity index is 390. The normalized spacial score (nSPS) is 38.0. The van der Waals surface area contributed by atoms with E-state index in [1.54, 1.807) is 0 Å². The summed E-state index contributed by atoms with van der Waals surface area (Å²) in [6.45, 7) is 8.31. The van der Waals surface area contributed by atoms with Crippen LogP contribution in [0.2, 0.25) is 0 Å². The largest absolute Gasteiger partial charge is 0.481 e. The van der Waals surface area contributed by atoms with E-state index in [0.717, 1.165) is 32.1 Å². The maximum Gasteiger partial charge on any atom is 0.309 e. The van der Waals surface area contributed by atoms with Crippen molar-refractivity contribution in [2.75, 3.05) is 0 Å². The van der Waals surface area contributed by atoms with Crippen LogP contribution in [-0.4, -0.2) is 22.3 Å². The molecule has 0 saturated heterocycles. The molecule has 0 amide bonds. The number of fused-ring (bicyclic) bond motifs is 1. The number of carbonyl (C=O) groups is 1. The zero-order valence-corrected chi connectivity index (χ0v) is 14.1.